The Labute approximate surface area is 121 Å². The van der Waals surface area contributed by atoms with Crippen LogP contribution in [0.1, 0.15) is 31.2 Å². The third-order valence-corrected chi connectivity index (χ3v) is 3.94. The first kappa shape index (κ1) is 14.2. The number of pyridine rings is 1. The molecule has 2 aromatic rings. The molecule has 1 aliphatic heterocycles. The number of benzene rings is 1. The van der Waals surface area contributed by atoms with Gasteiger partial charge in [0, 0.05) is 18.5 Å². The Morgan fingerprint density at radius 1 is 0.952 bits per heavy atom. The summed E-state index contributed by atoms with van der Waals surface area (Å²) in [4.78, 5) is 6.42. The highest BCUT2D eigenvalue weighted by Crippen LogP contribution is 2.36. The van der Waals surface area contributed by atoms with E-state index in [1.807, 2.05) is 4.90 Å². The standard InChI is InChI=1S/C16H17F3N2/c17-16(18,19)13-11-15(21-9-5-1-2-6-10-21)20-14-8-4-3-7-12(13)14/h3-4,7-8,11H,1-2,5-6,9-10H2. The van der Waals surface area contributed by atoms with Crippen molar-refractivity contribution in [3.8, 4) is 0 Å². The number of rotatable bonds is 1. The number of alkyl halides is 3. The maximum atomic E-state index is 13.3. The summed E-state index contributed by atoms with van der Waals surface area (Å²) in [6, 6.07) is 7.67. The summed E-state index contributed by atoms with van der Waals surface area (Å²) in [5.74, 6) is 0.447. The van der Waals surface area contributed by atoms with Crippen LogP contribution in [0, 0.1) is 0 Å². The van der Waals surface area contributed by atoms with E-state index in [1.54, 1.807) is 18.2 Å². The molecule has 0 spiro atoms. The van der Waals surface area contributed by atoms with E-state index in [0.717, 1.165) is 38.8 Å². The van der Waals surface area contributed by atoms with Crippen LogP contribution >= 0.6 is 0 Å². The lowest BCUT2D eigenvalue weighted by Gasteiger charge is -2.23. The minimum absolute atomic E-state index is 0.170. The SMILES string of the molecule is FC(F)(F)c1cc(N2CCCCCC2)nc2ccccc12. The molecule has 0 N–H and O–H groups in total. The Morgan fingerprint density at radius 2 is 1.62 bits per heavy atom. The zero-order valence-electron chi connectivity index (χ0n) is 11.7. The average Bonchev–Trinajstić information content (AvgIpc) is 2.74. The largest absolute Gasteiger partial charge is 0.417 e. The van der Waals surface area contributed by atoms with Gasteiger partial charge < -0.3 is 4.90 Å². The second kappa shape index (κ2) is 5.54. The Bertz CT molecular complexity index is 629. The van der Waals surface area contributed by atoms with Crippen molar-refractivity contribution in [3.63, 3.8) is 0 Å². The lowest BCUT2D eigenvalue weighted by atomic mass is 10.1. The normalized spacial score (nSPS) is 17.0. The fourth-order valence-electron chi connectivity index (χ4n) is 2.86. The number of hydrogen-bond donors (Lipinski definition) is 0. The molecule has 0 bridgehead atoms. The van der Waals surface area contributed by atoms with Crippen molar-refractivity contribution in [1.29, 1.82) is 0 Å². The smallest absolute Gasteiger partial charge is 0.357 e. The van der Waals surface area contributed by atoms with Crippen molar-refractivity contribution in [2.75, 3.05) is 18.0 Å². The lowest BCUT2D eigenvalue weighted by molar-refractivity contribution is -0.136. The van der Waals surface area contributed by atoms with Crippen molar-refractivity contribution in [2.45, 2.75) is 31.9 Å². The predicted molar refractivity (Wildman–Crippen MR) is 77.4 cm³/mol. The zero-order chi connectivity index (χ0) is 14.9. The van der Waals surface area contributed by atoms with Crippen LogP contribution in [-0.4, -0.2) is 18.1 Å². The highest BCUT2D eigenvalue weighted by molar-refractivity contribution is 5.84. The minimum Gasteiger partial charge on any atom is -0.357 e. The minimum atomic E-state index is -4.36. The highest BCUT2D eigenvalue weighted by Gasteiger charge is 2.33. The molecule has 3 rings (SSSR count). The van der Waals surface area contributed by atoms with Crippen LogP contribution in [0.25, 0.3) is 10.9 Å². The average molecular weight is 294 g/mol. The van der Waals surface area contributed by atoms with E-state index in [9.17, 15) is 13.2 Å². The third-order valence-electron chi connectivity index (χ3n) is 3.94. The van der Waals surface area contributed by atoms with Gasteiger partial charge in [-0.2, -0.15) is 13.2 Å². The molecule has 0 unspecified atom stereocenters. The molecule has 2 nitrogen and oxygen atoms in total. The van der Waals surface area contributed by atoms with Crippen molar-refractivity contribution in [1.82, 2.24) is 4.98 Å². The molecular weight excluding hydrogens is 277 g/mol. The van der Waals surface area contributed by atoms with Crippen LogP contribution in [0.5, 0.6) is 0 Å². The number of aromatic nitrogens is 1. The fraction of sp³-hybridized carbons (Fsp3) is 0.438. The number of hydrogen-bond acceptors (Lipinski definition) is 2. The summed E-state index contributed by atoms with van der Waals surface area (Å²) in [5, 5.41) is 0.170. The summed E-state index contributed by atoms with van der Waals surface area (Å²) in [7, 11) is 0. The molecule has 2 heterocycles. The summed E-state index contributed by atoms with van der Waals surface area (Å²) < 4.78 is 39.9. The van der Waals surface area contributed by atoms with Crippen LogP contribution < -0.4 is 4.90 Å². The molecule has 21 heavy (non-hydrogen) atoms. The van der Waals surface area contributed by atoms with Gasteiger partial charge in [0.2, 0.25) is 0 Å². The van der Waals surface area contributed by atoms with Gasteiger partial charge in [-0.1, -0.05) is 31.0 Å². The van der Waals surface area contributed by atoms with E-state index in [1.165, 1.54) is 12.1 Å². The number of anilines is 1. The molecule has 0 amide bonds. The molecule has 1 aliphatic rings. The zero-order valence-corrected chi connectivity index (χ0v) is 11.7. The van der Waals surface area contributed by atoms with Crippen molar-refractivity contribution < 1.29 is 13.2 Å². The van der Waals surface area contributed by atoms with Gasteiger partial charge in [0.1, 0.15) is 5.82 Å². The molecule has 0 radical (unpaired) electrons. The summed E-state index contributed by atoms with van der Waals surface area (Å²) in [5.41, 5.74) is -0.182. The van der Waals surface area contributed by atoms with E-state index < -0.39 is 11.7 Å². The maximum absolute atomic E-state index is 13.3. The topological polar surface area (TPSA) is 16.1 Å². The highest BCUT2D eigenvalue weighted by atomic mass is 19.4. The Balaban J connectivity index is 2.11. The lowest BCUT2D eigenvalue weighted by Crippen LogP contribution is -2.25. The van der Waals surface area contributed by atoms with E-state index in [0.29, 0.717) is 11.3 Å². The second-order valence-corrected chi connectivity index (χ2v) is 5.44. The molecule has 0 saturated carbocycles. The Kier molecular flexibility index (Phi) is 3.74. The first-order valence-electron chi connectivity index (χ1n) is 7.27. The monoisotopic (exact) mass is 294 g/mol. The number of para-hydroxylation sites is 1. The Hall–Kier alpha value is -1.78. The van der Waals surface area contributed by atoms with Gasteiger partial charge in [0.25, 0.3) is 0 Å². The van der Waals surface area contributed by atoms with Gasteiger partial charge in [-0.25, -0.2) is 4.98 Å². The number of halogens is 3. The summed E-state index contributed by atoms with van der Waals surface area (Å²) >= 11 is 0. The fourth-order valence-corrected chi connectivity index (χ4v) is 2.86. The van der Waals surface area contributed by atoms with Gasteiger partial charge in [0.05, 0.1) is 11.1 Å². The molecule has 5 heteroatoms. The first-order chi connectivity index (χ1) is 10.1. The van der Waals surface area contributed by atoms with E-state index in [2.05, 4.69) is 4.98 Å². The van der Waals surface area contributed by atoms with E-state index >= 15 is 0 Å². The molecule has 1 aromatic carbocycles. The molecule has 1 saturated heterocycles. The molecule has 112 valence electrons. The van der Waals surface area contributed by atoms with Crippen LogP contribution in [0.2, 0.25) is 0 Å². The van der Waals surface area contributed by atoms with Crippen LogP contribution in [0.3, 0.4) is 0 Å². The van der Waals surface area contributed by atoms with Gasteiger partial charge in [-0.05, 0) is 25.0 Å². The quantitative estimate of drug-likeness (QED) is 0.762. The molecule has 1 fully saturated rings. The molecular formula is C16H17F3N2. The summed E-state index contributed by atoms with van der Waals surface area (Å²) in [6.45, 7) is 1.56. The van der Waals surface area contributed by atoms with Gasteiger partial charge in [-0.3, -0.25) is 0 Å². The van der Waals surface area contributed by atoms with Crippen molar-refractivity contribution in [3.05, 3.63) is 35.9 Å². The maximum Gasteiger partial charge on any atom is 0.417 e. The van der Waals surface area contributed by atoms with Gasteiger partial charge in [-0.15, -0.1) is 0 Å². The molecule has 1 aromatic heterocycles. The van der Waals surface area contributed by atoms with Crippen molar-refractivity contribution >= 4 is 16.7 Å². The number of fused-ring (bicyclic) bond motifs is 1. The molecule has 0 aliphatic carbocycles. The number of nitrogens with zero attached hydrogens (tertiary/aromatic N) is 2. The van der Waals surface area contributed by atoms with Gasteiger partial charge >= 0.3 is 6.18 Å². The van der Waals surface area contributed by atoms with E-state index in [-0.39, 0.29) is 5.39 Å². The predicted octanol–water partition coefficient (Wildman–Crippen LogP) is 4.63. The van der Waals surface area contributed by atoms with E-state index in [4.69, 9.17) is 0 Å². The van der Waals surface area contributed by atoms with Crippen LogP contribution in [0.4, 0.5) is 19.0 Å². The second-order valence-electron chi connectivity index (χ2n) is 5.44. The van der Waals surface area contributed by atoms with Crippen LogP contribution in [0.15, 0.2) is 30.3 Å². The first-order valence-corrected chi connectivity index (χ1v) is 7.27. The van der Waals surface area contributed by atoms with Crippen LogP contribution in [-0.2, 0) is 6.18 Å². The Morgan fingerprint density at radius 3 is 2.29 bits per heavy atom. The third kappa shape index (κ3) is 2.96. The van der Waals surface area contributed by atoms with Crippen molar-refractivity contribution in [2.24, 2.45) is 0 Å². The molecule has 0 atom stereocenters. The summed E-state index contributed by atoms with van der Waals surface area (Å²) in [6.07, 6.45) is -0.0682. The van der Waals surface area contributed by atoms with Gasteiger partial charge in [0.15, 0.2) is 0 Å².